The number of nitrogens with zero attached hydrogens (tertiary/aromatic N) is 2. The highest BCUT2D eigenvalue weighted by Gasteiger charge is 2.26. The Bertz CT molecular complexity index is 607. The van der Waals surface area contributed by atoms with Gasteiger partial charge in [-0.1, -0.05) is 18.5 Å². The second-order valence-corrected chi connectivity index (χ2v) is 6.48. The van der Waals surface area contributed by atoms with Crippen molar-refractivity contribution in [2.24, 2.45) is 0 Å². The summed E-state index contributed by atoms with van der Waals surface area (Å²) in [5.41, 5.74) is 0. The minimum Gasteiger partial charge on any atom is -0.369 e. The minimum atomic E-state index is -3.81. The molecule has 1 amide bonds. The molecule has 0 unspecified atom stereocenters. The van der Waals surface area contributed by atoms with Gasteiger partial charge in [0.05, 0.1) is 11.6 Å². The molecule has 1 aromatic heterocycles. The predicted octanol–water partition coefficient (Wildman–Crippen LogP) is 0.923. The van der Waals surface area contributed by atoms with E-state index in [2.05, 4.69) is 15.6 Å². The van der Waals surface area contributed by atoms with Crippen molar-refractivity contribution in [3.05, 3.63) is 17.3 Å². The van der Waals surface area contributed by atoms with Crippen molar-refractivity contribution < 1.29 is 13.2 Å². The number of carbonyl (C=O) groups is 1. The number of likely N-dealkylation sites (N-methyl/N-ethyl adjacent to an activating group) is 2. The van der Waals surface area contributed by atoms with Crippen LogP contribution in [0.1, 0.15) is 13.8 Å². The lowest BCUT2D eigenvalue weighted by atomic mass is 10.4. The normalized spacial score (nSPS) is 11.5. The number of pyridine rings is 1. The van der Waals surface area contributed by atoms with Crippen LogP contribution >= 0.6 is 11.6 Å². The van der Waals surface area contributed by atoms with E-state index in [9.17, 15) is 13.2 Å². The van der Waals surface area contributed by atoms with Crippen molar-refractivity contribution in [3.8, 4) is 0 Å². The first-order chi connectivity index (χ1) is 9.86. The smallest absolute Gasteiger partial charge is 0.245 e. The topological polar surface area (TPSA) is 91.4 Å². The van der Waals surface area contributed by atoms with Crippen LogP contribution < -0.4 is 10.6 Å². The van der Waals surface area contributed by atoms with E-state index < -0.39 is 10.0 Å². The zero-order valence-corrected chi connectivity index (χ0v) is 13.8. The fraction of sp³-hybridized carbons (Fsp3) is 0.500. The molecule has 2 N–H and O–H groups in total. The zero-order valence-electron chi connectivity index (χ0n) is 12.2. The SMILES string of the molecule is CCNc1ncc(S(=O)(=O)N(CC)CC(=O)NC)cc1Cl. The molecule has 0 aromatic carbocycles. The molecule has 1 rings (SSSR count). The van der Waals surface area contributed by atoms with Gasteiger partial charge in [0.1, 0.15) is 10.7 Å². The van der Waals surface area contributed by atoms with Crippen molar-refractivity contribution in [2.75, 3.05) is 32.0 Å². The molecule has 1 heterocycles. The maximum atomic E-state index is 12.5. The number of anilines is 1. The Kier molecular flexibility index (Phi) is 6.38. The average molecular weight is 335 g/mol. The molecule has 0 saturated carbocycles. The Balaban J connectivity index is 3.11. The van der Waals surface area contributed by atoms with Gasteiger partial charge in [0, 0.05) is 26.3 Å². The lowest BCUT2D eigenvalue weighted by Crippen LogP contribution is -2.39. The standard InChI is InChI=1S/C12H19ClN4O3S/c1-4-15-12-10(13)6-9(7-16-12)21(19,20)17(5-2)8-11(18)14-3/h6-7H,4-5,8H2,1-3H3,(H,14,18)(H,15,16). The van der Waals surface area contributed by atoms with E-state index >= 15 is 0 Å². The van der Waals surface area contributed by atoms with Gasteiger partial charge in [-0.3, -0.25) is 4.79 Å². The number of carbonyl (C=O) groups excluding carboxylic acids is 1. The Morgan fingerprint density at radius 1 is 1.43 bits per heavy atom. The molecule has 9 heteroatoms. The average Bonchev–Trinajstić information content (AvgIpc) is 2.46. The Hall–Kier alpha value is -1.38. The highest BCUT2D eigenvalue weighted by atomic mass is 35.5. The first-order valence-electron chi connectivity index (χ1n) is 6.46. The van der Waals surface area contributed by atoms with Crippen LogP contribution in [0, 0.1) is 0 Å². The van der Waals surface area contributed by atoms with E-state index in [4.69, 9.17) is 11.6 Å². The van der Waals surface area contributed by atoms with Crippen molar-refractivity contribution in [3.63, 3.8) is 0 Å². The largest absolute Gasteiger partial charge is 0.369 e. The van der Waals surface area contributed by atoms with Crippen LogP contribution in [0.5, 0.6) is 0 Å². The first kappa shape index (κ1) is 17.7. The summed E-state index contributed by atoms with van der Waals surface area (Å²) in [5.74, 6) is 0.0382. The maximum Gasteiger partial charge on any atom is 0.245 e. The Labute approximate surface area is 129 Å². The number of halogens is 1. The fourth-order valence-corrected chi connectivity index (χ4v) is 3.29. The van der Waals surface area contributed by atoms with Crippen LogP contribution in [0.25, 0.3) is 0 Å². The summed E-state index contributed by atoms with van der Waals surface area (Å²) in [5, 5.41) is 5.53. The predicted molar refractivity (Wildman–Crippen MR) is 81.9 cm³/mol. The van der Waals surface area contributed by atoms with Crippen molar-refractivity contribution in [2.45, 2.75) is 18.7 Å². The highest BCUT2D eigenvalue weighted by Crippen LogP contribution is 2.24. The molecule has 0 fully saturated rings. The third kappa shape index (κ3) is 4.29. The van der Waals surface area contributed by atoms with Crippen molar-refractivity contribution in [1.82, 2.24) is 14.6 Å². The summed E-state index contributed by atoms with van der Waals surface area (Å²) in [6.07, 6.45) is 1.23. The molecular formula is C12H19ClN4O3S. The third-order valence-corrected chi connectivity index (χ3v) is 4.92. The third-order valence-electron chi connectivity index (χ3n) is 2.75. The van der Waals surface area contributed by atoms with Crippen LogP contribution in [-0.2, 0) is 14.8 Å². The molecule has 7 nitrogen and oxygen atoms in total. The maximum absolute atomic E-state index is 12.5. The van der Waals surface area contributed by atoms with E-state index in [1.165, 1.54) is 19.3 Å². The molecule has 0 radical (unpaired) electrons. The molecule has 0 saturated heterocycles. The quantitative estimate of drug-likeness (QED) is 0.773. The van der Waals surface area contributed by atoms with Gasteiger partial charge in [0.2, 0.25) is 15.9 Å². The van der Waals surface area contributed by atoms with E-state index in [1.807, 2.05) is 6.92 Å². The number of rotatable bonds is 7. The number of sulfonamides is 1. The fourth-order valence-electron chi connectivity index (χ4n) is 1.61. The highest BCUT2D eigenvalue weighted by molar-refractivity contribution is 7.89. The second kappa shape index (κ2) is 7.58. The summed E-state index contributed by atoms with van der Waals surface area (Å²) in [7, 11) is -2.36. The van der Waals surface area contributed by atoms with Crippen molar-refractivity contribution in [1.29, 1.82) is 0 Å². The Morgan fingerprint density at radius 3 is 2.57 bits per heavy atom. The van der Waals surface area contributed by atoms with Gasteiger partial charge >= 0.3 is 0 Å². The van der Waals surface area contributed by atoms with E-state index in [0.29, 0.717) is 12.4 Å². The van der Waals surface area contributed by atoms with Gasteiger partial charge in [-0.05, 0) is 13.0 Å². The summed E-state index contributed by atoms with van der Waals surface area (Å²) >= 11 is 6.01. The van der Waals surface area contributed by atoms with Crippen LogP contribution in [0.3, 0.4) is 0 Å². The summed E-state index contributed by atoms with van der Waals surface area (Å²) < 4.78 is 26.0. The lowest BCUT2D eigenvalue weighted by Gasteiger charge is -2.19. The Morgan fingerprint density at radius 2 is 2.10 bits per heavy atom. The molecule has 0 aliphatic heterocycles. The molecule has 0 atom stereocenters. The monoisotopic (exact) mass is 334 g/mol. The van der Waals surface area contributed by atoms with E-state index in [0.717, 1.165) is 4.31 Å². The molecular weight excluding hydrogens is 316 g/mol. The minimum absolute atomic E-state index is 0.0418. The van der Waals surface area contributed by atoms with Crippen LogP contribution in [0.2, 0.25) is 5.02 Å². The van der Waals surface area contributed by atoms with E-state index in [1.54, 1.807) is 6.92 Å². The lowest BCUT2D eigenvalue weighted by molar-refractivity contribution is -0.120. The molecule has 0 aliphatic carbocycles. The van der Waals surface area contributed by atoms with Gasteiger partial charge in [-0.2, -0.15) is 4.31 Å². The number of aromatic nitrogens is 1. The van der Waals surface area contributed by atoms with Gasteiger partial charge in [0.15, 0.2) is 0 Å². The van der Waals surface area contributed by atoms with Gasteiger partial charge < -0.3 is 10.6 Å². The number of hydrogen-bond acceptors (Lipinski definition) is 5. The van der Waals surface area contributed by atoms with E-state index in [-0.39, 0.29) is 28.9 Å². The molecule has 0 aliphatic rings. The summed E-state index contributed by atoms with van der Waals surface area (Å²) in [6.45, 7) is 4.08. The molecule has 0 spiro atoms. The molecule has 1 aromatic rings. The van der Waals surface area contributed by atoms with Crippen LogP contribution in [0.4, 0.5) is 5.82 Å². The van der Waals surface area contributed by atoms with Crippen molar-refractivity contribution >= 4 is 33.3 Å². The van der Waals surface area contributed by atoms with Crippen LogP contribution in [0.15, 0.2) is 17.2 Å². The molecule has 21 heavy (non-hydrogen) atoms. The van der Waals surface area contributed by atoms with Crippen LogP contribution in [-0.4, -0.2) is 50.3 Å². The number of amides is 1. The van der Waals surface area contributed by atoms with Gasteiger partial charge in [-0.15, -0.1) is 0 Å². The molecule has 118 valence electrons. The molecule has 0 bridgehead atoms. The van der Waals surface area contributed by atoms with Gasteiger partial charge in [-0.25, -0.2) is 13.4 Å². The number of hydrogen-bond donors (Lipinski definition) is 2. The summed E-state index contributed by atoms with van der Waals surface area (Å²) in [4.78, 5) is 15.4. The zero-order chi connectivity index (χ0) is 16.0. The second-order valence-electron chi connectivity index (χ2n) is 4.14. The van der Waals surface area contributed by atoms with Gasteiger partial charge in [0.25, 0.3) is 0 Å². The first-order valence-corrected chi connectivity index (χ1v) is 8.28. The number of nitrogens with one attached hydrogen (secondary N) is 2. The summed E-state index contributed by atoms with van der Waals surface area (Å²) in [6, 6.07) is 1.33.